The summed E-state index contributed by atoms with van der Waals surface area (Å²) in [5.41, 5.74) is 0. The first-order valence-electron chi connectivity index (χ1n) is 30.3. The highest BCUT2D eigenvalue weighted by Crippen LogP contribution is 2.30. The van der Waals surface area contributed by atoms with Gasteiger partial charge in [-0.1, -0.05) is 232 Å². The summed E-state index contributed by atoms with van der Waals surface area (Å²) in [6.45, 7) is 3.79. The Hall–Kier alpha value is -1.54. The summed E-state index contributed by atoms with van der Waals surface area (Å²) in [5.74, 6) is -0.919. The highest BCUT2D eigenvalue weighted by molar-refractivity contribution is 5.76. The topological polar surface area (TPSA) is 257 Å². The van der Waals surface area contributed by atoms with Crippen LogP contribution in [0.25, 0.3) is 0 Å². The maximum atomic E-state index is 13.3. The van der Waals surface area contributed by atoms with E-state index in [2.05, 4.69) is 24.5 Å². The van der Waals surface area contributed by atoms with Crippen molar-refractivity contribution in [2.75, 3.05) is 19.8 Å². The van der Waals surface area contributed by atoms with Gasteiger partial charge in [0.15, 0.2) is 12.6 Å². The average Bonchev–Trinajstić information content (AvgIpc) is 3.39. The van der Waals surface area contributed by atoms with Crippen molar-refractivity contribution in [1.82, 2.24) is 10.6 Å². The van der Waals surface area contributed by atoms with Gasteiger partial charge in [-0.15, -0.1) is 0 Å². The number of carbonyl (C=O) groups excluding carboxylic acids is 2. The van der Waals surface area contributed by atoms with Crippen molar-refractivity contribution >= 4 is 11.8 Å². The van der Waals surface area contributed by atoms with Gasteiger partial charge in [0.2, 0.25) is 11.8 Å². The Kier molecular flexibility index (Phi) is 41.1. The predicted octanol–water partition coefficient (Wildman–Crippen LogP) is 8.45. The number of hydrogen-bond donors (Lipinski definition) is 10. The molecule has 2 heterocycles. The van der Waals surface area contributed by atoms with Crippen LogP contribution in [-0.2, 0) is 28.5 Å². The van der Waals surface area contributed by atoms with Crippen LogP contribution in [0.1, 0.15) is 258 Å². The van der Waals surface area contributed by atoms with Crippen LogP contribution in [0.4, 0.5) is 0 Å². The minimum atomic E-state index is -1.80. The van der Waals surface area contributed by atoms with Gasteiger partial charge in [0, 0.05) is 13.3 Å². The van der Waals surface area contributed by atoms with Gasteiger partial charge < -0.3 is 70.4 Å². The zero-order valence-corrected chi connectivity index (χ0v) is 46.8. The Labute approximate surface area is 448 Å². The summed E-state index contributed by atoms with van der Waals surface area (Å²) in [6, 6.07) is -2.47. The molecule has 2 amide bonds. The zero-order chi connectivity index (χ0) is 54.2. The number of rotatable bonds is 48. The van der Waals surface area contributed by atoms with E-state index in [9.17, 15) is 50.4 Å². The number of aliphatic hydroxyl groups is 8. The van der Waals surface area contributed by atoms with Gasteiger partial charge >= 0.3 is 0 Å². The van der Waals surface area contributed by atoms with Crippen LogP contribution in [0, 0.1) is 0 Å². The second kappa shape index (κ2) is 44.3. The molecular weight excluding hydrogens is 949 g/mol. The smallest absolute Gasteiger partial charge is 0.220 e. The fourth-order valence-corrected chi connectivity index (χ4v) is 10.5. The molecule has 438 valence electrons. The molecular formula is C58H112N2O14. The lowest BCUT2D eigenvalue weighted by molar-refractivity contribution is -0.347. The summed E-state index contributed by atoms with van der Waals surface area (Å²) in [5, 5.41) is 91.6. The molecule has 2 aliphatic rings. The largest absolute Gasteiger partial charge is 0.394 e. The quantitative estimate of drug-likeness (QED) is 0.0257. The molecule has 74 heavy (non-hydrogen) atoms. The van der Waals surface area contributed by atoms with Crippen LogP contribution in [0.3, 0.4) is 0 Å². The van der Waals surface area contributed by atoms with E-state index in [4.69, 9.17) is 18.9 Å². The van der Waals surface area contributed by atoms with Crippen LogP contribution in [0.2, 0.25) is 0 Å². The molecule has 13 atom stereocenters. The molecule has 0 aromatic rings. The van der Waals surface area contributed by atoms with Gasteiger partial charge in [-0.05, 0) is 12.8 Å². The second-order valence-electron chi connectivity index (χ2n) is 22.0. The molecule has 0 aliphatic carbocycles. The summed E-state index contributed by atoms with van der Waals surface area (Å²) < 4.78 is 23.3. The molecule has 2 aliphatic heterocycles. The predicted molar refractivity (Wildman–Crippen MR) is 290 cm³/mol. The Morgan fingerprint density at radius 3 is 1.30 bits per heavy atom. The Bertz CT molecular complexity index is 1330. The standard InChI is InChI=1S/C58H112N2O14/c1-4-6-8-10-12-14-16-18-19-20-21-22-23-24-25-26-27-28-30-32-34-36-38-40-49(65)60-45(51(66)46(64)39-37-35-33-31-29-17-15-13-11-9-7-5-2)43-71-58-55(70)54(69)56(48(42-62)73-58)74-57-50(59-44(3)63)53(68)52(67)47(41-61)72-57/h45-48,50-58,61-62,64,66-70H,4-43H2,1-3H3,(H,59,63)(H,60,65)/t45-,46+,47+,48+,50+,51-,52+,53+,54+,55+,56-,57+,58-/m0/s1. The lowest BCUT2D eigenvalue weighted by Gasteiger charge is -2.47. The maximum Gasteiger partial charge on any atom is 0.220 e. The van der Waals surface area contributed by atoms with Gasteiger partial charge in [-0.2, -0.15) is 0 Å². The van der Waals surface area contributed by atoms with Crippen LogP contribution in [-0.4, -0.2) is 152 Å². The third-order valence-corrected chi connectivity index (χ3v) is 15.3. The number of hydrogen-bond acceptors (Lipinski definition) is 14. The van der Waals surface area contributed by atoms with E-state index in [1.54, 1.807) is 0 Å². The average molecular weight is 1060 g/mol. The number of nitrogens with one attached hydrogen (secondary N) is 2. The summed E-state index contributed by atoms with van der Waals surface area (Å²) in [7, 11) is 0. The van der Waals surface area contributed by atoms with Gasteiger partial charge in [-0.3, -0.25) is 9.59 Å². The molecule has 0 radical (unpaired) electrons. The molecule has 0 saturated carbocycles. The molecule has 0 bridgehead atoms. The lowest BCUT2D eigenvalue weighted by atomic mass is 9.95. The number of unbranched alkanes of at least 4 members (excludes halogenated alkanes) is 33. The fourth-order valence-electron chi connectivity index (χ4n) is 10.5. The van der Waals surface area contributed by atoms with Gasteiger partial charge in [-0.25, -0.2) is 0 Å². The summed E-state index contributed by atoms with van der Waals surface area (Å²) in [4.78, 5) is 25.3. The number of ether oxygens (including phenoxy) is 4. The van der Waals surface area contributed by atoms with E-state index >= 15 is 0 Å². The van der Waals surface area contributed by atoms with Crippen molar-refractivity contribution in [3.63, 3.8) is 0 Å². The van der Waals surface area contributed by atoms with Crippen molar-refractivity contribution in [3.8, 4) is 0 Å². The van der Waals surface area contributed by atoms with E-state index in [0.29, 0.717) is 19.3 Å². The van der Waals surface area contributed by atoms with E-state index in [1.807, 2.05) is 0 Å². The van der Waals surface area contributed by atoms with Crippen molar-refractivity contribution in [2.24, 2.45) is 0 Å². The monoisotopic (exact) mass is 1060 g/mol. The molecule has 0 unspecified atom stereocenters. The van der Waals surface area contributed by atoms with Gasteiger partial charge in [0.25, 0.3) is 0 Å². The van der Waals surface area contributed by atoms with E-state index in [0.717, 1.165) is 38.5 Å². The zero-order valence-electron chi connectivity index (χ0n) is 46.8. The second-order valence-corrected chi connectivity index (χ2v) is 22.0. The molecule has 16 heteroatoms. The van der Waals surface area contributed by atoms with Crippen molar-refractivity contribution in [2.45, 2.75) is 338 Å². The third kappa shape index (κ3) is 30.0. The first kappa shape index (κ1) is 68.6. The van der Waals surface area contributed by atoms with Crippen LogP contribution < -0.4 is 10.6 Å². The van der Waals surface area contributed by atoms with Crippen LogP contribution in [0.5, 0.6) is 0 Å². The normalized spacial score (nSPS) is 25.4. The van der Waals surface area contributed by atoms with Crippen molar-refractivity contribution < 1.29 is 69.4 Å². The first-order valence-corrected chi connectivity index (χ1v) is 30.3. The lowest BCUT2D eigenvalue weighted by Crippen LogP contribution is -2.67. The molecule has 0 spiro atoms. The van der Waals surface area contributed by atoms with Crippen molar-refractivity contribution in [3.05, 3.63) is 0 Å². The molecule has 0 aromatic heterocycles. The molecule has 0 aromatic carbocycles. The molecule has 2 rings (SSSR count). The van der Waals surface area contributed by atoms with Gasteiger partial charge in [0.1, 0.15) is 54.9 Å². The first-order chi connectivity index (χ1) is 35.9. The maximum absolute atomic E-state index is 13.3. The Balaban J connectivity index is 1.82. The third-order valence-electron chi connectivity index (χ3n) is 15.3. The Morgan fingerprint density at radius 2 is 0.892 bits per heavy atom. The van der Waals surface area contributed by atoms with Gasteiger partial charge in [0.05, 0.1) is 32.0 Å². The van der Waals surface area contributed by atoms with Crippen LogP contribution in [0.15, 0.2) is 0 Å². The fraction of sp³-hybridized carbons (Fsp3) is 0.966. The number of amides is 2. The van der Waals surface area contributed by atoms with E-state index in [-0.39, 0.29) is 12.3 Å². The van der Waals surface area contributed by atoms with Crippen LogP contribution >= 0.6 is 0 Å². The number of aliphatic hydroxyl groups excluding tert-OH is 8. The Morgan fingerprint density at radius 1 is 0.500 bits per heavy atom. The summed E-state index contributed by atoms with van der Waals surface area (Å²) in [6.07, 6.45) is 27.1. The molecule has 2 fully saturated rings. The minimum Gasteiger partial charge on any atom is -0.394 e. The van der Waals surface area contributed by atoms with E-state index in [1.165, 1.54) is 180 Å². The van der Waals surface area contributed by atoms with Crippen molar-refractivity contribution in [1.29, 1.82) is 0 Å². The molecule has 16 nitrogen and oxygen atoms in total. The highest BCUT2D eigenvalue weighted by Gasteiger charge is 2.51. The summed E-state index contributed by atoms with van der Waals surface area (Å²) >= 11 is 0. The number of carbonyl (C=O) groups is 2. The SMILES string of the molecule is CCCCCCCCCCCCCCCCCCCCCCCCCC(=O)N[C@@H](CO[C@H]1O[C@H](CO)[C@H](O[C@H]2O[C@H](CO)[C@@H](O)[C@H](O)[C@H]2NC(C)=O)[C@H](O)[C@H]1O)[C@H](O)[C@H](O)CCCCCCCCCCCCCC. The molecule has 2 saturated heterocycles. The molecule has 10 N–H and O–H groups in total. The highest BCUT2D eigenvalue weighted by atomic mass is 16.7. The minimum absolute atomic E-state index is 0.218. The van der Waals surface area contributed by atoms with E-state index < -0.39 is 105 Å².